The summed E-state index contributed by atoms with van der Waals surface area (Å²) in [5.41, 5.74) is 5.21. The van der Waals surface area contributed by atoms with Crippen LogP contribution in [0.1, 0.15) is 67.1 Å². The van der Waals surface area contributed by atoms with Gasteiger partial charge in [-0.25, -0.2) is 4.79 Å². The van der Waals surface area contributed by atoms with Gasteiger partial charge in [0.05, 0.1) is 7.11 Å². The van der Waals surface area contributed by atoms with Crippen molar-refractivity contribution in [3.05, 3.63) is 88.7 Å². The number of rotatable bonds is 6. The molecule has 206 valence electrons. The van der Waals surface area contributed by atoms with Crippen molar-refractivity contribution in [2.24, 2.45) is 0 Å². The highest BCUT2D eigenvalue weighted by Crippen LogP contribution is 2.44. The van der Waals surface area contributed by atoms with Crippen LogP contribution in [-0.2, 0) is 17.8 Å². The van der Waals surface area contributed by atoms with Gasteiger partial charge in [0.25, 0.3) is 0 Å². The molecular weight excluding hydrogens is 490 g/mol. The minimum Gasteiger partial charge on any atom is -0.493 e. The van der Waals surface area contributed by atoms with Crippen molar-refractivity contribution in [3.8, 4) is 11.5 Å². The minimum atomic E-state index is -0.567. The third-order valence-electron chi connectivity index (χ3n) is 7.54. The summed E-state index contributed by atoms with van der Waals surface area (Å²) in [6, 6.07) is 18.6. The number of ether oxygens (including phenoxy) is 3. The number of pyridine rings is 1. The van der Waals surface area contributed by atoms with Crippen molar-refractivity contribution in [1.82, 2.24) is 15.2 Å². The maximum absolute atomic E-state index is 12.9. The van der Waals surface area contributed by atoms with Crippen molar-refractivity contribution < 1.29 is 19.0 Å². The molecule has 1 amide bonds. The molecule has 1 N–H and O–H groups in total. The first-order valence-corrected chi connectivity index (χ1v) is 13.7. The molecule has 1 fully saturated rings. The third kappa shape index (κ3) is 6.36. The predicted octanol–water partition coefficient (Wildman–Crippen LogP) is 5.96. The van der Waals surface area contributed by atoms with Crippen LogP contribution in [0, 0.1) is 6.92 Å². The lowest BCUT2D eigenvalue weighted by atomic mass is 9.79. The number of carbonyl (C=O) groups excluding carboxylic acids is 1. The number of hydrogen-bond acceptors (Lipinski definition) is 6. The molecule has 1 aromatic heterocycles. The largest absolute Gasteiger partial charge is 0.493 e. The number of nitrogens with zero attached hydrogens (tertiary/aromatic N) is 2. The monoisotopic (exact) mass is 529 g/mol. The summed E-state index contributed by atoms with van der Waals surface area (Å²) < 4.78 is 17.6. The molecule has 1 saturated heterocycles. The van der Waals surface area contributed by atoms with Gasteiger partial charge in [-0.2, -0.15) is 0 Å². The molecule has 3 heterocycles. The standard InChI is InChI=1S/C32H39N3O4/c1-21-11-13-33-26(15-21)25-19-35-14-12-23-16-30(38-20-22-9-7-6-8-10-22)29(37-5)17-24(23)28(35)18-27(25)34-31(36)39-32(2,3)4/h6-11,13,15-17,25,27-28H,12,14,18-20H2,1-5H3,(H,34,36). The number of benzene rings is 2. The summed E-state index contributed by atoms with van der Waals surface area (Å²) in [4.78, 5) is 20.1. The number of amides is 1. The number of fused-ring (bicyclic) bond motifs is 3. The number of aryl methyl sites for hydroxylation is 1. The SMILES string of the molecule is COc1cc2c(cc1OCc1ccccc1)CCN1CC(c3cc(C)ccn3)C(NC(=O)OC(C)(C)C)CC21. The van der Waals surface area contributed by atoms with E-state index in [1.165, 1.54) is 11.1 Å². The van der Waals surface area contributed by atoms with E-state index in [4.69, 9.17) is 19.2 Å². The highest BCUT2D eigenvalue weighted by atomic mass is 16.6. The van der Waals surface area contributed by atoms with E-state index in [0.29, 0.717) is 6.61 Å². The quantitative estimate of drug-likeness (QED) is 0.425. The molecule has 3 atom stereocenters. The highest BCUT2D eigenvalue weighted by Gasteiger charge is 2.41. The first-order chi connectivity index (χ1) is 18.7. The number of aromatic nitrogens is 1. The molecule has 5 rings (SSSR count). The Labute approximate surface area is 231 Å². The van der Waals surface area contributed by atoms with Crippen molar-refractivity contribution in [3.63, 3.8) is 0 Å². The number of piperidine rings is 1. The minimum absolute atomic E-state index is 0.0607. The Kier molecular flexibility index (Phi) is 7.80. The Balaban J connectivity index is 1.42. The second kappa shape index (κ2) is 11.3. The maximum atomic E-state index is 12.9. The Morgan fingerprint density at radius 1 is 1.10 bits per heavy atom. The van der Waals surface area contributed by atoms with Gasteiger partial charge in [0.1, 0.15) is 12.2 Å². The zero-order valence-electron chi connectivity index (χ0n) is 23.6. The third-order valence-corrected chi connectivity index (χ3v) is 7.54. The van der Waals surface area contributed by atoms with Gasteiger partial charge in [-0.1, -0.05) is 30.3 Å². The predicted molar refractivity (Wildman–Crippen MR) is 151 cm³/mol. The van der Waals surface area contributed by atoms with Crippen LogP contribution >= 0.6 is 0 Å². The van der Waals surface area contributed by atoms with Gasteiger partial charge in [-0.05, 0) is 87.1 Å². The molecule has 0 radical (unpaired) electrons. The summed E-state index contributed by atoms with van der Waals surface area (Å²) in [6.45, 7) is 9.95. The molecule has 2 aliphatic rings. The topological polar surface area (TPSA) is 72.9 Å². The Morgan fingerprint density at radius 3 is 2.62 bits per heavy atom. The first kappa shape index (κ1) is 27.0. The Hall–Kier alpha value is -3.58. The molecular formula is C32H39N3O4. The summed E-state index contributed by atoms with van der Waals surface area (Å²) >= 11 is 0. The number of carbonyl (C=O) groups is 1. The molecule has 0 saturated carbocycles. The lowest BCUT2D eigenvalue weighted by Gasteiger charge is -2.47. The van der Waals surface area contributed by atoms with Crippen molar-refractivity contribution >= 4 is 6.09 Å². The van der Waals surface area contributed by atoms with E-state index in [1.54, 1.807) is 7.11 Å². The van der Waals surface area contributed by atoms with Crippen molar-refractivity contribution in [1.29, 1.82) is 0 Å². The molecule has 3 aromatic rings. The van der Waals surface area contributed by atoms with Gasteiger partial charge in [0.2, 0.25) is 0 Å². The normalized spacial score (nSPS) is 20.9. The van der Waals surface area contributed by atoms with Crippen molar-refractivity contribution in [2.75, 3.05) is 20.2 Å². The second-order valence-electron chi connectivity index (χ2n) is 11.6. The number of nitrogens with one attached hydrogen (secondary N) is 1. The maximum Gasteiger partial charge on any atom is 0.407 e. The molecule has 2 aliphatic heterocycles. The van der Waals surface area contributed by atoms with Crippen molar-refractivity contribution in [2.45, 2.75) is 70.7 Å². The van der Waals surface area contributed by atoms with E-state index in [1.807, 2.05) is 51.2 Å². The highest BCUT2D eigenvalue weighted by molar-refractivity contribution is 5.68. The fourth-order valence-corrected chi connectivity index (χ4v) is 5.73. The smallest absolute Gasteiger partial charge is 0.407 e. The van der Waals surface area contributed by atoms with Gasteiger partial charge < -0.3 is 19.5 Å². The van der Waals surface area contributed by atoms with E-state index in [2.05, 4.69) is 47.5 Å². The first-order valence-electron chi connectivity index (χ1n) is 13.7. The second-order valence-corrected chi connectivity index (χ2v) is 11.6. The van der Waals surface area contributed by atoms with Crippen LogP contribution in [-0.4, -0.2) is 47.8 Å². The van der Waals surface area contributed by atoms with Gasteiger partial charge in [-0.3, -0.25) is 9.88 Å². The Morgan fingerprint density at radius 2 is 1.90 bits per heavy atom. The van der Waals surface area contributed by atoms with Crippen LogP contribution in [0.25, 0.3) is 0 Å². The van der Waals surface area contributed by atoms with Crippen LogP contribution in [0.2, 0.25) is 0 Å². The van der Waals surface area contributed by atoms with Gasteiger partial charge in [0, 0.05) is 43.0 Å². The zero-order valence-corrected chi connectivity index (χ0v) is 23.6. The molecule has 39 heavy (non-hydrogen) atoms. The lowest BCUT2D eigenvalue weighted by molar-refractivity contribution is 0.0411. The molecule has 0 aliphatic carbocycles. The van der Waals surface area contributed by atoms with E-state index in [9.17, 15) is 4.79 Å². The fraction of sp³-hybridized carbons (Fsp3) is 0.438. The van der Waals surface area contributed by atoms with Gasteiger partial charge >= 0.3 is 6.09 Å². The molecule has 7 nitrogen and oxygen atoms in total. The average Bonchev–Trinajstić information content (AvgIpc) is 2.90. The number of alkyl carbamates (subject to hydrolysis) is 1. The molecule has 7 heteroatoms. The van der Waals surface area contributed by atoms with E-state index in [-0.39, 0.29) is 18.0 Å². The summed E-state index contributed by atoms with van der Waals surface area (Å²) in [5, 5.41) is 3.20. The molecule has 0 spiro atoms. The number of hydrogen-bond donors (Lipinski definition) is 1. The zero-order chi connectivity index (χ0) is 27.6. The van der Waals surface area contributed by atoms with Crippen LogP contribution in [0.4, 0.5) is 4.79 Å². The van der Waals surface area contributed by atoms with Crippen LogP contribution < -0.4 is 14.8 Å². The summed E-state index contributed by atoms with van der Waals surface area (Å²) in [5.74, 6) is 1.55. The molecule has 0 bridgehead atoms. The summed E-state index contributed by atoms with van der Waals surface area (Å²) in [6.07, 6.45) is 3.14. The molecule has 2 aromatic carbocycles. The van der Waals surface area contributed by atoms with Crippen LogP contribution in [0.3, 0.4) is 0 Å². The van der Waals surface area contributed by atoms with E-state index >= 15 is 0 Å². The lowest BCUT2D eigenvalue weighted by Crippen LogP contribution is -2.53. The summed E-state index contributed by atoms with van der Waals surface area (Å²) in [7, 11) is 1.69. The van der Waals surface area contributed by atoms with E-state index < -0.39 is 11.7 Å². The average molecular weight is 530 g/mol. The number of methoxy groups -OCH3 is 1. The molecule has 3 unspecified atom stereocenters. The Bertz CT molecular complexity index is 1300. The fourth-order valence-electron chi connectivity index (χ4n) is 5.73. The van der Waals surface area contributed by atoms with Crippen LogP contribution in [0.15, 0.2) is 60.8 Å². The van der Waals surface area contributed by atoms with E-state index in [0.717, 1.165) is 54.3 Å². The van der Waals surface area contributed by atoms with Crippen LogP contribution in [0.5, 0.6) is 11.5 Å². The van der Waals surface area contributed by atoms with Gasteiger partial charge in [0.15, 0.2) is 11.5 Å². The van der Waals surface area contributed by atoms with Gasteiger partial charge in [-0.15, -0.1) is 0 Å².